The number of ether oxygens (including phenoxy) is 1. The normalized spacial score (nSPS) is 32.9. The summed E-state index contributed by atoms with van der Waals surface area (Å²) in [5.41, 5.74) is 4.18. The molecule has 3 rings (SSSR count). The summed E-state index contributed by atoms with van der Waals surface area (Å²) in [5.74, 6) is 0.293. The average Bonchev–Trinajstić information content (AvgIpc) is 2.87. The van der Waals surface area contributed by atoms with Crippen molar-refractivity contribution in [3.63, 3.8) is 0 Å². The number of alkyl halides is 1. The molecule has 114 valence electrons. The summed E-state index contributed by atoms with van der Waals surface area (Å²) in [5, 5.41) is 19.7. The quantitative estimate of drug-likeness (QED) is 0.629. The summed E-state index contributed by atoms with van der Waals surface area (Å²) < 4.78 is 22.5. The van der Waals surface area contributed by atoms with Crippen molar-refractivity contribution in [1.82, 2.24) is 14.5 Å². The molecule has 1 unspecified atom stereocenters. The van der Waals surface area contributed by atoms with E-state index < -0.39 is 30.7 Å². The Morgan fingerprint density at radius 1 is 1.57 bits per heavy atom. The molecule has 21 heavy (non-hydrogen) atoms. The van der Waals surface area contributed by atoms with Crippen molar-refractivity contribution in [2.75, 3.05) is 12.3 Å². The second-order valence-corrected chi connectivity index (χ2v) is 6.31. The third kappa shape index (κ3) is 2.10. The van der Waals surface area contributed by atoms with Gasteiger partial charge in [-0.1, -0.05) is 0 Å². The van der Waals surface area contributed by atoms with Crippen molar-refractivity contribution >= 4 is 39.4 Å². The molecule has 4 atom stereocenters. The molecule has 2 aromatic rings. The first-order valence-corrected chi connectivity index (χ1v) is 7.35. The van der Waals surface area contributed by atoms with Crippen LogP contribution in [0.2, 0.25) is 0 Å². The van der Waals surface area contributed by atoms with Crippen LogP contribution >= 0.6 is 22.6 Å². The van der Waals surface area contributed by atoms with Crippen molar-refractivity contribution in [2.24, 2.45) is 0 Å². The Balaban J connectivity index is 2.15. The zero-order chi connectivity index (χ0) is 15.4. The van der Waals surface area contributed by atoms with Crippen LogP contribution in [0.15, 0.2) is 12.5 Å². The molecule has 0 aromatic carbocycles. The van der Waals surface area contributed by atoms with Gasteiger partial charge in [0.25, 0.3) is 0 Å². The minimum absolute atomic E-state index is 0.293. The van der Waals surface area contributed by atoms with E-state index in [-0.39, 0.29) is 0 Å². The van der Waals surface area contributed by atoms with E-state index in [0.717, 1.165) is 3.57 Å². The molecule has 1 aliphatic heterocycles. The van der Waals surface area contributed by atoms with Crippen LogP contribution in [0.3, 0.4) is 0 Å². The summed E-state index contributed by atoms with van der Waals surface area (Å²) in [6, 6.07) is 0. The Bertz CT molecular complexity index is 692. The number of aromatic nitrogens is 3. The van der Waals surface area contributed by atoms with Gasteiger partial charge in [-0.25, -0.2) is 14.4 Å². The fourth-order valence-electron chi connectivity index (χ4n) is 2.60. The van der Waals surface area contributed by atoms with Crippen LogP contribution in [-0.2, 0) is 4.74 Å². The maximum Gasteiger partial charge on any atom is 0.181 e. The molecule has 0 aliphatic carbocycles. The lowest BCUT2D eigenvalue weighted by Gasteiger charge is -2.25. The van der Waals surface area contributed by atoms with Gasteiger partial charge in [-0.2, -0.15) is 0 Å². The lowest BCUT2D eigenvalue weighted by molar-refractivity contribution is -0.0564. The summed E-state index contributed by atoms with van der Waals surface area (Å²) in [4.78, 5) is 8.04. The molecule has 9 heteroatoms. The average molecular weight is 408 g/mol. The number of rotatable bonds is 2. The Morgan fingerprint density at radius 2 is 2.29 bits per heavy atom. The summed E-state index contributed by atoms with van der Waals surface area (Å²) >= 11 is 2.05. The van der Waals surface area contributed by atoms with Crippen LogP contribution in [0.1, 0.15) is 13.2 Å². The van der Waals surface area contributed by atoms with Crippen LogP contribution < -0.4 is 5.73 Å². The van der Waals surface area contributed by atoms with Gasteiger partial charge in [0, 0.05) is 9.77 Å². The van der Waals surface area contributed by atoms with Crippen LogP contribution in [0.5, 0.6) is 0 Å². The van der Waals surface area contributed by atoms with Gasteiger partial charge in [0.15, 0.2) is 11.9 Å². The SMILES string of the molecule is C[C@]1(F)C(n2cc(I)c3c(N)ncnc32)O[C@H](CO)[C@H]1O. The predicted octanol–water partition coefficient (Wildman–Crippen LogP) is 0.597. The molecule has 7 nitrogen and oxygen atoms in total. The van der Waals surface area contributed by atoms with Crippen molar-refractivity contribution in [1.29, 1.82) is 0 Å². The first kappa shape index (κ1) is 14.9. The van der Waals surface area contributed by atoms with Gasteiger partial charge in [0.1, 0.15) is 30.0 Å². The van der Waals surface area contributed by atoms with Crippen LogP contribution in [0, 0.1) is 3.57 Å². The molecule has 4 N–H and O–H groups in total. The number of hydrogen-bond acceptors (Lipinski definition) is 6. The summed E-state index contributed by atoms with van der Waals surface area (Å²) in [7, 11) is 0. The van der Waals surface area contributed by atoms with Gasteiger partial charge in [0.05, 0.1) is 12.0 Å². The van der Waals surface area contributed by atoms with Crippen LogP contribution in [0.4, 0.5) is 10.2 Å². The number of fused-ring (bicyclic) bond motifs is 1. The standard InChI is InChI=1S/C12H14FIN4O3/c1-12(13)8(20)6(3-19)21-11(12)18-2-5(14)7-9(15)16-4-17-10(7)18/h2,4,6,8,11,19-20H,3H2,1H3,(H2,15,16,17)/t6-,8-,11?,12-/m1/s1. The molecule has 0 bridgehead atoms. The van der Waals surface area contributed by atoms with E-state index in [9.17, 15) is 14.6 Å². The maximum absolute atomic E-state index is 14.8. The molecule has 1 fully saturated rings. The molecule has 3 heterocycles. The molecule has 1 saturated heterocycles. The van der Waals surface area contributed by atoms with Gasteiger partial charge in [0.2, 0.25) is 0 Å². The van der Waals surface area contributed by atoms with Crippen LogP contribution in [-0.4, -0.2) is 49.2 Å². The summed E-state index contributed by atoms with van der Waals surface area (Å²) in [6.07, 6.45) is -0.592. The lowest BCUT2D eigenvalue weighted by Crippen LogP contribution is -2.40. The number of hydrogen-bond donors (Lipinski definition) is 3. The summed E-state index contributed by atoms with van der Waals surface area (Å²) in [6.45, 7) is 0.770. The van der Waals surface area contributed by atoms with E-state index in [1.807, 2.05) is 0 Å². The number of aliphatic hydroxyl groups is 2. The van der Waals surface area contributed by atoms with E-state index >= 15 is 0 Å². The van der Waals surface area contributed by atoms with Gasteiger partial charge in [-0.05, 0) is 29.5 Å². The molecule has 1 aliphatic rings. The predicted molar refractivity (Wildman–Crippen MR) is 81.2 cm³/mol. The van der Waals surface area contributed by atoms with Gasteiger partial charge < -0.3 is 25.3 Å². The van der Waals surface area contributed by atoms with E-state index in [0.29, 0.717) is 16.9 Å². The van der Waals surface area contributed by atoms with E-state index in [4.69, 9.17) is 10.5 Å². The topological polar surface area (TPSA) is 106 Å². The Labute approximate surface area is 133 Å². The number of nitrogens with two attached hydrogens (primary N) is 1. The highest BCUT2D eigenvalue weighted by atomic mass is 127. The number of anilines is 1. The van der Waals surface area contributed by atoms with Gasteiger partial charge in [-0.3, -0.25) is 0 Å². The maximum atomic E-state index is 14.8. The second-order valence-electron chi connectivity index (χ2n) is 5.15. The number of nitrogen functional groups attached to an aromatic ring is 1. The van der Waals surface area contributed by atoms with E-state index in [1.165, 1.54) is 17.8 Å². The number of nitrogens with zero attached hydrogens (tertiary/aromatic N) is 3. The highest BCUT2D eigenvalue weighted by Crippen LogP contribution is 2.43. The van der Waals surface area contributed by atoms with Gasteiger partial charge in [-0.15, -0.1) is 0 Å². The molecular formula is C12H14FIN4O3. The Morgan fingerprint density at radius 3 is 2.90 bits per heavy atom. The minimum Gasteiger partial charge on any atom is -0.394 e. The minimum atomic E-state index is -2.07. The first-order valence-electron chi connectivity index (χ1n) is 6.27. The largest absolute Gasteiger partial charge is 0.394 e. The molecule has 0 saturated carbocycles. The molecule has 0 radical (unpaired) electrons. The highest BCUT2D eigenvalue weighted by molar-refractivity contribution is 14.1. The van der Waals surface area contributed by atoms with Gasteiger partial charge >= 0.3 is 0 Å². The smallest absolute Gasteiger partial charge is 0.181 e. The van der Waals surface area contributed by atoms with Crippen molar-refractivity contribution in [3.05, 3.63) is 16.1 Å². The fraction of sp³-hybridized carbons (Fsp3) is 0.500. The Kier molecular flexibility index (Phi) is 3.55. The molecule has 2 aromatic heterocycles. The monoisotopic (exact) mass is 408 g/mol. The fourth-order valence-corrected chi connectivity index (χ4v) is 3.42. The number of aliphatic hydroxyl groups excluding tert-OH is 2. The second kappa shape index (κ2) is 5.00. The molecular weight excluding hydrogens is 394 g/mol. The zero-order valence-corrected chi connectivity index (χ0v) is 13.2. The van der Waals surface area contributed by atoms with Crippen molar-refractivity contribution in [3.8, 4) is 0 Å². The first-order chi connectivity index (χ1) is 9.87. The highest BCUT2D eigenvalue weighted by Gasteiger charge is 2.55. The number of halogens is 2. The molecule has 0 amide bonds. The van der Waals surface area contributed by atoms with E-state index in [2.05, 4.69) is 32.6 Å². The zero-order valence-electron chi connectivity index (χ0n) is 11.1. The van der Waals surface area contributed by atoms with Crippen LogP contribution in [0.25, 0.3) is 11.0 Å². The van der Waals surface area contributed by atoms with Crippen molar-refractivity contribution < 1.29 is 19.3 Å². The molecule has 0 spiro atoms. The third-order valence-electron chi connectivity index (χ3n) is 3.74. The lowest BCUT2D eigenvalue weighted by atomic mass is 9.98. The van der Waals surface area contributed by atoms with Crippen molar-refractivity contribution in [2.45, 2.75) is 31.0 Å². The van der Waals surface area contributed by atoms with E-state index in [1.54, 1.807) is 6.20 Å². The third-order valence-corrected chi connectivity index (χ3v) is 4.56. The Hall–Kier alpha value is -1.04.